The third-order valence-corrected chi connectivity index (χ3v) is 3.53. The number of rotatable bonds is 6. The van der Waals surface area contributed by atoms with Gasteiger partial charge in [-0.3, -0.25) is 0 Å². The average Bonchev–Trinajstić information content (AvgIpc) is 2.99. The molecule has 0 aliphatic carbocycles. The molecule has 0 fully saturated rings. The summed E-state index contributed by atoms with van der Waals surface area (Å²) in [7, 11) is 1.63. The molecule has 1 N–H and O–H groups in total. The predicted octanol–water partition coefficient (Wildman–Crippen LogP) is 3.41. The summed E-state index contributed by atoms with van der Waals surface area (Å²) < 4.78 is 12.8. The van der Waals surface area contributed by atoms with E-state index in [0.29, 0.717) is 10.6 Å². The van der Waals surface area contributed by atoms with Crippen molar-refractivity contribution in [2.45, 2.75) is 6.61 Å². The third-order valence-electron chi connectivity index (χ3n) is 3.27. The lowest BCUT2D eigenvalue weighted by atomic mass is 10.2. The van der Waals surface area contributed by atoms with E-state index in [-0.39, 0.29) is 6.61 Å². The molecule has 0 amide bonds. The molecule has 122 valence electrons. The van der Waals surface area contributed by atoms with Crippen LogP contribution in [0.3, 0.4) is 0 Å². The zero-order valence-corrected chi connectivity index (χ0v) is 13.9. The molecular weight excluding hydrogens is 324 g/mol. The Hall–Kier alpha value is -2.93. The van der Waals surface area contributed by atoms with E-state index in [4.69, 9.17) is 21.7 Å². The first-order valence-electron chi connectivity index (χ1n) is 7.29. The van der Waals surface area contributed by atoms with Crippen molar-refractivity contribution in [1.29, 1.82) is 0 Å². The number of nitrogens with one attached hydrogen (secondary N) is 1. The minimum absolute atomic E-state index is 0.261. The van der Waals surface area contributed by atoms with Gasteiger partial charge in [0, 0.05) is 0 Å². The Bertz CT molecular complexity index is 870. The highest BCUT2D eigenvalue weighted by molar-refractivity contribution is 7.71. The quantitative estimate of drug-likeness (QED) is 0.552. The number of methoxy groups -OCH3 is 1. The van der Waals surface area contributed by atoms with E-state index >= 15 is 0 Å². The summed E-state index contributed by atoms with van der Waals surface area (Å²) in [5.74, 6) is 2.15. The zero-order chi connectivity index (χ0) is 16.8. The second-order valence-electron chi connectivity index (χ2n) is 4.88. The molecular formula is C17H16N4O2S. The SMILES string of the molecule is COc1ccc(/C=N\n2c(COc3ccccc3)n[nH]c2=S)cc1. The lowest BCUT2D eigenvalue weighted by Gasteiger charge is -2.05. The summed E-state index contributed by atoms with van der Waals surface area (Å²) in [6.45, 7) is 0.261. The highest BCUT2D eigenvalue weighted by Crippen LogP contribution is 2.12. The summed E-state index contributed by atoms with van der Waals surface area (Å²) in [5.41, 5.74) is 0.925. The van der Waals surface area contributed by atoms with Gasteiger partial charge in [-0.05, 0) is 54.2 Å². The molecule has 3 rings (SSSR count). The van der Waals surface area contributed by atoms with Crippen LogP contribution in [0.25, 0.3) is 0 Å². The first-order chi connectivity index (χ1) is 11.8. The van der Waals surface area contributed by atoms with Crippen molar-refractivity contribution >= 4 is 18.4 Å². The molecule has 1 heterocycles. The Balaban J connectivity index is 1.74. The maximum Gasteiger partial charge on any atom is 0.216 e. The molecule has 2 aromatic carbocycles. The molecule has 0 aliphatic heterocycles. The van der Waals surface area contributed by atoms with Crippen LogP contribution in [0, 0.1) is 4.77 Å². The molecule has 0 bridgehead atoms. The van der Waals surface area contributed by atoms with E-state index in [1.54, 1.807) is 18.0 Å². The third kappa shape index (κ3) is 3.88. The van der Waals surface area contributed by atoms with Crippen LogP contribution < -0.4 is 9.47 Å². The molecule has 0 saturated heterocycles. The fraction of sp³-hybridized carbons (Fsp3) is 0.118. The topological polar surface area (TPSA) is 64.4 Å². The number of aromatic nitrogens is 3. The van der Waals surface area contributed by atoms with Crippen molar-refractivity contribution in [3.8, 4) is 11.5 Å². The molecule has 24 heavy (non-hydrogen) atoms. The minimum Gasteiger partial charge on any atom is -0.497 e. The normalized spacial score (nSPS) is 10.9. The van der Waals surface area contributed by atoms with Crippen LogP contribution in [0.1, 0.15) is 11.4 Å². The van der Waals surface area contributed by atoms with Crippen LogP contribution >= 0.6 is 12.2 Å². The Morgan fingerprint density at radius 1 is 1.12 bits per heavy atom. The van der Waals surface area contributed by atoms with Crippen LogP contribution in [0.4, 0.5) is 0 Å². The fourth-order valence-corrected chi connectivity index (χ4v) is 2.21. The van der Waals surface area contributed by atoms with Gasteiger partial charge in [-0.25, -0.2) is 5.10 Å². The van der Waals surface area contributed by atoms with Gasteiger partial charge in [-0.15, -0.1) is 0 Å². The van der Waals surface area contributed by atoms with Crippen molar-refractivity contribution in [3.63, 3.8) is 0 Å². The molecule has 0 spiro atoms. The van der Waals surface area contributed by atoms with E-state index in [0.717, 1.165) is 17.1 Å². The number of nitrogens with zero attached hydrogens (tertiary/aromatic N) is 3. The van der Waals surface area contributed by atoms with Crippen LogP contribution in [0.2, 0.25) is 0 Å². The molecule has 1 aromatic heterocycles. The van der Waals surface area contributed by atoms with Gasteiger partial charge in [0.25, 0.3) is 0 Å². The number of hydrogen-bond acceptors (Lipinski definition) is 5. The molecule has 0 radical (unpaired) electrons. The summed E-state index contributed by atoms with van der Waals surface area (Å²) in [6, 6.07) is 17.1. The van der Waals surface area contributed by atoms with Gasteiger partial charge in [-0.2, -0.15) is 14.9 Å². The van der Waals surface area contributed by atoms with Crippen molar-refractivity contribution in [2.75, 3.05) is 7.11 Å². The molecule has 7 heteroatoms. The van der Waals surface area contributed by atoms with Crippen molar-refractivity contribution in [1.82, 2.24) is 14.9 Å². The fourth-order valence-electron chi connectivity index (χ4n) is 2.02. The van der Waals surface area contributed by atoms with Gasteiger partial charge in [0.1, 0.15) is 18.1 Å². The van der Waals surface area contributed by atoms with Crippen LogP contribution in [-0.2, 0) is 6.61 Å². The first kappa shape index (κ1) is 15.9. The lowest BCUT2D eigenvalue weighted by molar-refractivity contribution is 0.290. The predicted molar refractivity (Wildman–Crippen MR) is 94.2 cm³/mol. The zero-order valence-electron chi connectivity index (χ0n) is 13.0. The Labute approximate surface area is 144 Å². The minimum atomic E-state index is 0.261. The van der Waals surface area contributed by atoms with Gasteiger partial charge >= 0.3 is 0 Å². The van der Waals surface area contributed by atoms with Gasteiger partial charge in [-0.1, -0.05) is 18.2 Å². The van der Waals surface area contributed by atoms with Gasteiger partial charge in [0.05, 0.1) is 13.3 Å². The number of aromatic amines is 1. The number of hydrogen-bond donors (Lipinski definition) is 1. The van der Waals surface area contributed by atoms with Crippen molar-refractivity contribution < 1.29 is 9.47 Å². The largest absolute Gasteiger partial charge is 0.497 e. The highest BCUT2D eigenvalue weighted by Gasteiger charge is 2.06. The molecule has 0 unspecified atom stereocenters. The summed E-state index contributed by atoms with van der Waals surface area (Å²) in [4.78, 5) is 0. The summed E-state index contributed by atoms with van der Waals surface area (Å²) >= 11 is 5.21. The molecule has 0 saturated carbocycles. The van der Waals surface area contributed by atoms with Gasteiger partial charge < -0.3 is 9.47 Å². The second kappa shape index (κ2) is 7.56. The summed E-state index contributed by atoms with van der Waals surface area (Å²) in [5, 5.41) is 11.3. The first-order valence-corrected chi connectivity index (χ1v) is 7.69. The van der Waals surface area contributed by atoms with E-state index in [1.807, 2.05) is 54.6 Å². The van der Waals surface area contributed by atoms with E-state index in [9.17, 15) is 0 Å². The standard InChI is InChI=1S/C17H16N4O2S/c1-22-14-9-7-13(8-10-14)11-18-21-16(19-20-17(21)24)12-23-15-5-3-2-4-6-15/h2-11H,12H2,1H3,(H,20,24)/b18-11-. The monoisotopic (exact) mass is 340 g/mol. The van der Waals surface area contributed by atoms with Crippen LogP contribution in [0.15, 0.2) is 59.7 Å². The Kier molecular flexibility index (Phi) is 5.02. The second-order valence-corrected chi connectivity index (χ2v) is 5.26. The van der Waals surface area contributed by atoms with Gasteiger partial charge in [0.15, 0.2) is 5.82 Å². The van der Waals surface area contributed by atoms with E-state index in [1.165, 1.54) is 0 Å². The number of para-hydroxylation sites is 1. The van der Waals surface area contributed by atoms with E-state index in [2.05, 4.69) is 15.3 Å². The number of ether oxygens (including phenoxy) is 2. The summed E-state index contributed by atoms with van der Waals surface area (Å²) in [6.07, 6.45) is 1.71. The lowest BCUT2D eigenvalue weighted by Crippen LogP contribution is -2.04. The smallest absolute Gasteiger partial charge is 0.216 e. The number of benzene rings is 2. The Morgan fingerprint density at radius 2 is 1.88 bits per heavy atom. The van der Waals surface area contributed by atoms with Crippen molar-refractivity contribution in [3.05, 3.63) is 70.8 Å². The molecule has 6 nitrogen and oxygen atoms in total. The molecule has 0 aliphatic rings. The highest BCUT2D eigenvalue weighted by atomic mass is 32.1. The van der Waals surface area contributed by atoms with E-state index < -0.39 is 0 Å². The van der Waals surface area contributed by atoms with Gasteiger partial charge in [0.2, 0.25) is 4.77 Å². The average molecular weight is 340 g/mol. The molecule has 0 atom stereocenters. The Morgan fingerprint density at radius 3 is 2.58 bits per heavy atom. The molecule has 3 aromatic rings. The maximum atomic E-state index is 5.69. The van der Waals surface area contributed by atoms with Crippen LogP contribution in [0.5, 0.6) is 11.5 Å². The maximum absolute atomic E-state index is 5.69. The number of H-pyrrole nitrogens is 1. The van der Waals surface area contributed by atoms with Crippen LogP contribution in [-0.4, -0.2) is 28.2 Å². The van der Waals surface area contributed by atoms with Crippen molar-refractivity contribution in [2.24, 2.45) is 5.10 Å².